The van der Waals surface area contributed by atoms with Gasteiger partial charge in [-0.05, 0) is 42.7 Å². The number of hydrogen-bond acceptors (Lipinski definition) is 7. The highest BCUT2D eigenvalue weighted by molar-refractivity contribution is 5.88. The number of hydrogen-bond donors (Lipinski definition) is 0. The Morgan fingerprint density at radius 3 is 2.35 bits per heavy atom. The first-order chi connectivity index (χ1) is 19.6. The maximum Gasteiger partial charge on any atom is 0.246 e. The summed E-state index contributed by atoms with van der Waals surface area (Å²) < 4.78 is 3.78. The molecular formula is C30H29N9O. The number of likely N-dealkylation sites (tertiary alicyclic amines) is 1. The quantitative estimate of drug-likeness (QED) is 0.285. The Morgan fingerprint density at radius 2 is 1.68 bits per heavy atom. The van der Waals surface area contributed by atoms with Gasteiger partial charge in [-0.15, -0.1) is 0 Å². The fourth-order valence-electron chi connectivity index (χ4n) is 5.66. The van der Waals surface area contributed by atoms with E-state index in [4.69, 9.17) is 5.26 Å². The Labute approximate surface area is 232 Å². The molecular weight excluding hydrogens is 502 g/mol. The Kier molecular flexibility index (Phi) is 6.67. The van der Waals surface area contributed by atoms with Crippen LogP contribution in [0.15, 0.2) is 67.8 Å². The van der Waals surface area contributed by atoms with Crippen LogP contribution in [-0.4, -0.2) is 74.4 Å². The second kappa shape index (κ2) is 10.6. The number of carbonyl (C=O) groups is 1. The van der Waals surface area contributed by atoms with Gasteiger partial charge in [-0.25, -0.2) is 4.52 Å². The summed E-state index contributed by atoms with van der Waals surface area (Å²) in [5.41, 5.74) is 6.24. The second-order valence-corrected chi connectivity index (χ2v) is 10.2. The summed E-state index contributed by atoms with van der Waals surface area (Å²) in [6, 6.07) is 13.0. The highest BCUT2D eigenvalue weighted by Crippen LogP contribution is 2.34. The van der Waals surface area contributed by atoms with E-state index >= 15 is 0 Å². The molecule has 2 fully saturated rings. The van der Waals surface area contributed by atoms with Crippen LogP contribution >= 0.6 is 0 Å². The molecule has 0 spiro atoms. The molecule has 1 amide bonds. The van der Waals surface area contributed by atoms with Crippen LogP contribution in [0, 0.1) is 22.8 Å². The predicted octanol–water partition coefficient (Wildman–Crippen LogP) is 3.69. The van der Waals surface area contributed by atoms with Gasteiger partial charge in [0.15, 0.2) is 6.19 Å². The van der Waals surface area contributed by atoms with E-state index in [1.54, 1.807) is 15.6 Å². The van der Waals surface area contributed by atoms with Crippen molar-refractivity contribution >= 4 is 17.1 Å². The third kappa shape index (κ3) is 4.65. The van der Waals surface area contributed by atoms with Gasteiger partial charge in [0.25, 0.3) is 0 Å². The Hall–Kier alpha value is -5.09. The van der Waals surface area contributed by atoms with Crippen molar-refractivity contribution in [1.29, 1.82) is 10.5 Å². The molecule has 2 aliphatic heterocycles. The average Bonchev–Trinajstić information content (AvgIpc) is 3.68. The molecule has 0 aliphatic carbocycles. The third-order valence-corrected chi connectivity index (χ3v) is 7.96. The molecule has 2 aliphatic rings. The summed E-state index contributed by atoms with van der Waals surface area (Å²) in [6.07, 6.45) is 12.9. The molecule has 5 heterocycles. The van der Waals surface area contributed by atoms with E-state index in [2.05, 4.69) is 70.5 Å². The lowest BCUT2D eigenvalue weighted by Crippen LogP contribution is -2.48. The number of amides is 1. The molecule has 0 unspecified atom stereocenters. The molecule has 10 heteroatoms. The molecule has 200 valence electrons. The standard InChI is InChI=1S/C30H29N9O/c1-2-29(40)37-13-11-36(12-14-37)26-5-3-22(4-6-26)28-15-23(19-39-30(28)24(16-31)17-34-39)25-18-33-38(20-25)27-7-9-35(21-32)10-8-27/h2-6,15,17-20,27H,1,7-14H2. The van der Waals surface area contributed by atoms with E-state index < -0.39 is 0 Å². The fraction of sp³-hybridized carbons (Fsp3) is 0.300. The van der Waals surface area contributed by atoms with Crippen molar-refractivity contribution < 1.29 is 4.79 Å². The summed E-state index contributed by atoms with van der Waals surface area (Å²) in [5, 5.41) is 28.1. The summed E-state index contributed by atoms with van der Waals surface area (Å²) in [7, 11) is 0. The van der Waals surface area contributed by atoms with Crippen molar-refractivity contribution in [2.45, 2.75) is 18.9 Å². The first-order valence-corrected chi connectivity index (χ1v) is 13.5. The van der Waals surface area contributed by atoms with Gasteiger partial charge in [0.2, 0.25) is 5.91 Å². The molecule has 3 aromatic heterocycles. The Bertz CT molecular complexity index is 1640. The SMILES string of the molecule is C=CC(=O)N1CCN(c2ccc(-c3cc(-c4cnn(C5CCN(C#N)CC5)c4)cn4ncc(C#N)c34)cc2)CC1. The normalized spacial score (nSPS) is 16.1. The zero-order chi connectivity index (χ0) is 27.6. The van der Waals surface area contributed by atoms with Crippen LogP contribution in [-0.2, 0) is 4.79 Å². The van der Waals surface area contributed by atoms with E-state index in [0.29, 0.717) is 18.7 Å². The van der Waals surface area contributed by atoms with E-state index in [1.807, 2.05) is 22.0 Å². The first-order valence-electron chi connectivity index (χ1n) is 13.5. The number of nitriles is 2. The molecule has 2 saturated heterocycles. The number of benzene rings is 1. The summed E-state index contributed by atoms with van der Waals surface area (Å²) >= 11 is 0. The van der Waals surface area contributed by atoms with E-state index in [-0.39, 0.29) is 11.9 Å². The van der Waals surface area contributed by atoms with Gasteiger partial charge in [-0.3, -0.25) is 9.48 Å². The van der Waals surface area contributed by atoms with Gasteiger partial charge in [-0.1, -0.05) is 18.7 Å². The number of carbonyl (C=O) groups excluding carboxylic acids is 1. The second-order valence-electron chi connectivity index (χ2n) is 10.2. The number of pyridine rings is 1. The lowest BCUT2D eigenvalue weighted by Gasteiger charge is -2.35. The first kappa shape index (κ1) is 25.2. The van der Waals surface area contributed by atoms with Gasteiger partial charge >= 0.3 is 0 Å². The number of piperidine rings is 1. The number of rotatable bonds is 5. The van der Waals surface area contributed by atoms with E-state index in [0.717, 1.165) is 72.5 Å². The minimum atomic E-state index is -0.0251. The number of aromatic nitrogens is 4. The summed E-state index contributed by atoms with van der Waals surface area (Å²) in [4.78, 5) is 17.8. The van der Waals surface area contributed by atoms with Crippen LogP contribution in [0.3, 0.4) is 0 Å². The van der Waals surface area contributed by atoms with Crippen LogP contribution in [0.2, 0.25) is 0 Å². The lowest BCUT2D eigenvalue weighted by atomic mass is 9.99. The summed E-state index contributed by atoms with van der Waals surface area (Å²) in [6.45, 7) is 7.94. The molecule has 0 atom stereocenters. The molecule has 1 aromatic carbocycles. The van der Waals surface area contributed by atoms with Crippen molar-refractivity contribution in [3.05, 3.63) is 73.3 Å². The Morgan fingerprint density at radius 1 is 0.925 bits per heavy atom. The number of piperazine rings is 1. The topological polar surface area (TPSA) is 109 Å². The zero-order valence-electron chi connectivity index (χ0n) is 22.1. The van der Waals surface area contributed by atoms with Crippen LogP contribution in [0.1, 0.15) is 24.4 Å². The van der Waals surface area contributed by atoms with Crippen molar-refractivity contribution in [2.75, 3.05) is 44.2 Å². The molecule has 0 N–H and O–H groups in total. The van der Waals surface area contributed by atoms with Crippen molar-refractivity contribution in [1.82, 2.24) is 29.2 Å². The minimum absolute atomic E-state index is 0.0251. The fourth-order valence-corrected chi connectivity index (χ4v) is 5.66. The lowest BCUT2D eigenvalue weighted by molar-refractivity contribution is -0.126. The average molecular weight is 532 g/mol. The molecule has 0 bridgehead atoms. The van der Waals surface area contributed by atoms with E-state index in [1.165, 1.54) is 6.08 Å². The van der Waals surface area contributed by atoms with Crippen LogP contribution < -0.4 is 4.90 Å². The van der Waals surface area contributed by atoms with Gasteiger partial charge in [0.1, 0.15) is 6.07 Å². The van der Waals surface area contributed by atoms with E-state index in [9.17, 15) is 10.1 Å². The van der Waals surface area contributed by atoms with Crippen LogP contribution in [0.25, 0.3) is 27.8 Å². The predicted molar refractivity (Wildman–Crippen MR) is 151 cm³/mol. The van der Waals surface area contributed by atoms with Crippen LogP contribution in [0.4, 0.5) is 5.69 Å². The molecule has 0 radical (unpaired) electrons. The number of anilines is 1. The molecule has 6 rings (SSSR count). The smallest absolute Gasteiger partial charge is 0.246 e. The summed E-state index contributed by atoms with van der Waals surface area (Å²) in [5.74, 6) is -0.0251. The molecule has 4 aromatic rings. The van der Waals surface area contributed by atoms with Crippen molar-refractivity contribution in [2.24, 2.45) is 0 Å². The van der Waals surface area contributed by atoms with Crippen LogP contribution in [0.5, 0.6) is 0 Å². The van der Waals surface area contributed by atoms with Gasteiger partial charge in [-0.2, -0.15) is 20.7 Å². The maximum atomic E-state index is 11.9. The highest BCUT2D eigenvalue weighted by atomic mass is 16.2. The zero-order valence-corrected chi connectivity index (χ0v) is 22.1. The van der Waals surface area contributed by atoms with Gasteiger partial charge < -0.3 is 14.7 Å². The molecule has 10 nitrogen and oxygen atoms in total. The largest absolute Gasteiger partial charge is 0.368 e. The van der Waals surface area contributed by atoms with Crippen molar-refractivity contribution in [3.8, 4) is 34.5 Å². The van der Waals surface area contributed by atoms with Crippen molar-refractivity contribution in [3.63, 3.8) is 0 Å². The maximum absolute atomic E-state index is 11.9. The van der Waals surface area contributed by atoms with Gasteiger partial charge in [0.05, 0.1) is 29.5 Å². The highest BCUT2D eigenvalue weighted by Gasteiger charge is 2.22. The third-order valence-electron chi connectivity index (χ3n) is 7.96. The minimum Gasteiger partial charge on any atom is -0.368 e. The number of fused-ring (bicyclic) bond motifs is 1. The molecule has 40 heavy (non-hydrogen) atoms. The monoisotopic (exact) mass is 531 g/mol. The molecule has 0 saturated carbocycles. The van der Waals surface area contributed by atoms with Gasteiger partial charge in [0, 0.05) is 74.0 Å². The Balaban J connectivity index is 1.29. The number of nitrogens with zero attached hydrogens (tertiary/aromatic N) is 9.